The number of amides is 1. The average Bonchev–Trinajstić information content (AvgIpc) is 3.43. The number of rotatable bonds is 4. The van der Waals surface area contributed by atoms with E-state index in [9.17, 15) is 19.8 Å². The number of hydrogen-bond donors (Lipinski definition) is 2. The number of terminal acetylenes is 1. The summed E-state index contributed by atoms with van der Waals surface area (Å²) in [6.07, 6.45) is 16.9. The van der Waals surface area contributed by atoms with Crippen molar-refractivity contribution in [3.8, 4) is 12.3 Å². The van der Waals surface area contributed by atoms with Crippen LogP contribution in [-0.2, 0) is 14.4 Å². The third kappa shape index (κ3) is 3.71. The number of carbonyl (C=O) groups is 2. The Morgan fingerprint density at radius 3 is 2.69 bits per heavy atom. The van der Waals surface area contributed by atoms with Crippen LogP contribution in [0.2, 0.25) is 0 Å². The van der Waals surface area contributed by atoms with E-state index in [-0.39, 0.29) is 23.3 Å². The Morgan fingerprint density at radius 2 is 1.94 bits per heavy atom. The van der Waals surface area contributed by atoms with E-state index in [2.05, 4.69) is 31.0 Å². The molecule has 1 saturated heterocycles. The maximum atomic E-state index is 12.4. The first-order chi connectivity index (χ1) is 16.6. The molecule has 1 heterocycles. The molecule has 0 aromatic heterocycles. The lowest BCUT2D eigenvalue weighted by Gasteiger charge is -2.58. The molecule has 0 unspecified atom stereocenters. The van der Waals surface area contributed by atoms with E-state index in [4.69, 9.17) is 11.3 Å². The first-order valence-electron chi connectivity index (χ1n) is 13.3. The minimum absolute atomic E-state index is 0.125. The van der Waals surface area contributed by atoms with Crippen LogP contribution in [0.5, 0.6) is 0 Å². The van der Waals surface area contributed by atoms with E-state index in [1.807, 2.05) is 0 Å². The lowest BCUT2D eigenvalue weighted by atomic mass is 9.46. The number of likely N-dealkylation sites (tertiary alicyclic amines) is 1. The second-order valence-corrected chi connectivity index (χ2v) is 11.9. The largest absolute Gasteiger partial charge is 0.480 e. The molecule has 5 rings (SSSR count). The molecule has 2 N–H and O–H groups in total. The van der Waals surface area contributed by atoms with Crippen LogP contribution in [0.1, 0.15) is 78.1 Å². The van der Waals surface area contributed by atoms with Crippen LogP contribution in [0.25, 0.3) is 0 Å². The van der Waals surface area contributed by atoms with Gasteiger partial charge in [0.2, 0.25) is 0 Å². The second-order valence-electron chi connectivity index (χ2n) is 11.9. The van der Waals surface area contributed by atoms with Crippen molar-refractivity contribution in [2.45, 2.75) is 89.7 Å². The lowest BCUT2D eigenvalue weighted by Crippen LogP contribution is -2.54. The van der Waals surface area contributed by atoms with Crippen LogP contribution in [-0.4, -0.2) is 57.5 Å². The van der Waals surface area contributed by atoms with Crippen LogP contribution in [0.15, 0.2) is 16.8 Å². The fraction of sp³-hybridized carbons (Fsp3) is 0.750. The first-order valence-corrected chi connectivity index (χ1v) is 13.3. The highest BCUT2D eigenvalue weighted by Crippen LogP contribution is 2.67. The van der Waals surface area contributed by atoms with Gasteiger partial charge in [-0.1, -0.05) is 30.5 Å². The predicted octanol–water partition coefficient (Wildman–Crippen LogP) is 3.76. The highest BCUT2D eigenvalue weighted by atomic mass is 16.6. The SMILES string of the molecule is C#C[C@@]1(O)CC[C@H]2[C@@H]3CCC4=C/C(=N/OCC(=O)N5CCC[C@@H]5C(=O)O)CC[C@]4(C)[C@H]3CC[C@@]21C. The molecule has 1 amide bonds. The molecule has 0 spiro atoms. The quantitative estimate of drug-likeness (QED) is 0.470. The van der Waals surface area contributed by atoms with E-state index >= 15 is 0 Å². The molecule has 35 heavy (non-hydrogen) atoms. The minimum Gasteiger partial charge on any atom is -0.480 e. The van der Waals surface area contributed by atoms with Crippen molar-refractivity contribution in [3.63, 3.8) is 0 Å². The van der Waals surface area contributed by atoms with E-state index in [1.54, 1.807) is 0 Å². The zero-order valence-corrected chi connectivity index (χ0v) is 21.0. The van der Waals surface area contributed by atoms with Gasteiger partial charge in [0, 0.05) is 12.0 Å². The lowest BCUT2D eigenvalue weighted by molar-refractivity contribution is -0.150. The van der Waals surface area contributed by atoms with Gasteiger partial charge in [-0.05, 0) is 93.5 Å². The molecule has 3 saturated carbocycles. The van der Waals surface area contributed by atoms with Gasteiger partial charge in [-0.25, -0.2) is 4.79 Å². The molecule has 7 atom stereocenters. The number of aliphatic carboxylic acids is 1. The van der Waals surface area contributed by atoms with Gasteiger partial charge in [0.05, 0.1) is 5.71 Å². The number of fused-ring (bicyclic) bond motifs is 5. The summed E-state index contributed by atoms with van der Waals surface area (Å²) in [4.78, 5) is 30.6. The number of carboxylic acids is 1. The molecule has 7 nitrogen and oxygen atoms in total. The molecule has 190 valence electrons. The molecule has 0 bridgehead atoms. The van der Waals surface area contributed by atoms with E-state index in [1.165, 1.54) is 10.5 Å². The molecular weight excluding hydrogens is 444 g/mol. The normalized spacial score (nSPS) is 43.5. The Labute approximate surface area is 208 Å². The third-order valence-corrected chi connectivity index (χ3v) is 10.6. The minimum atomic E-state index is -0.972. The van der Waals surface area contributed by atoms with Crippen molar-refractivity contribution in [1.29, 1.82) is 0 Å². The number of aliphatic hydroxyl groups is 1. The van der Waals surface area contributed by atoms with E-state index in [0.717, 1.165) is 50.7 Å². The number of oxime groups is 1. The van der Waals surface area contributed by atoms with Crippen LogP contribution in [0.3, 0.4) is 0 Å². The summed E-state index contributed by atoms with van der Waals surface area (Å²) in [6.45, 7) is 4.86. The van der Waals surface area contributed by atoms with Crippen molar-refractivity contribution in [1.82, 2.24) is 4.90 Å². The monoisotopic (exact) mass is 482 g/mol. The van der Waals surface area contributed by atoms with Crippen LogP contribution >= 0.6 is 0 Å². The summed E-state index contributed by atoms with van der Waals surface area (Å²) in [5.41, 5.74) is 1.26. The Morgan fingerprint density at radius 1 is 1.17 bits per heavy atom. The second kappa shape index (κ2) is 8.65. The van der Waals surface area contributed by atoms with Crippen LogP contribution in [0.4, 0.5) is 0 Å². The van der Waals surface area contributed by atoms with Crippen LogP contribution < -0.4 is 0 Å². The summed E-state index contributed by atoms with van der Waals surface area (Å²) in [5.74, 6) is 3.14. The standard InChI is InChI=1S/C28H38N2O5/c1-4-28(34)14-11-22-20-8-7-18-16-19(9-12-26(18,2)21(20)10-13-27(22,28)3)29-35-17-24(31)30-15-5-6-23(30)25(32)33/h1,16,20-23,34H,5-15,17H2,2-3H3,(H,32,33)/b29-19+/t20-,21+,22+,23-,26+,27+,28-/m1/s1. The molecule has 1 aliphatic heterocycles. The zero-order valence-electron chi connectivity index (χ0n) is 21.0. The molecule has 4 fully saturated rings. The van der Waals surface area contributed by atoms with E-state index in [0.29, 0.717) is 43.6 Å². The molecule has 0 radical (unpaired) electrons. The molecule has 4 aliphatic carbocycles. The van der Waals surface area contributed by atoms with Gasteiger partial charge in [0.1, 0.15) is 11.6 Å². The smallest absolute Gasteiger partial charge is 0.326 e. The zero-order chi connectivity index (χ0) is 25.0. The fourth-order valence-electron chi connectivity index (χ4n) is 8.47. The Bertz CT molecular complexity index is 1010. The summed E-state index contributed by atoms with van der Waals surface area (Å²) in [5, 5.41) is 24.7. The molecule has 7 heteroatoms. The molecule has 5 aliphatic rings. The number of nitrogens with zero attached hydrogens (tertiary/aromatic N) is 2. The average molecular weight is 483 g/mol. The highest BCUT2D eigenvalue weighted by molar-refractivity contribution is 5.96. The van der Waals surface area contributed by atoms with Crippen molar-refractivity contribution in [2.75, 3.05) is 13.2 Å². The van der Waals surface area contributed by atoms with Crippen molar-refractivity contribution in [3.05, 3.63) is 11.6 Å². The summed E-state index contributed by atoms with van der Waals surface area (Å²) in [6, 6.07) is -0.750. The summed E-state index contributed by atoms with van der Waals surface area (Å²) >= 11 is 0. The van der Waals surface area contributed by atoms with Crippen LogP contribution in [0, 0.1) is 40.9 Å². The van der Waals surface area contributed by atoms with Gasteiger partial charge in [-0.3, -0.25) is 4.79 Å². The fourth-order valence-corrected chi connectivity index (χ4v) is 8.47. The number of carbonyl (C=O) groups excluding carboxylic acids is 1. The number of allylic oxidation sites excluding steroid dienone is 2. The molecule has 0 aromatic carbocycles. The number of carboxylic acid groups (broad SMARTS) is 1. The van der Waals surface area contributed by atoms with Gasteiger partial charge < -0.3 is 20.0 Å². The summed E-state index contributed by atoms with van der Waals surface area (Å²) in [7, 11) is 0. The van der Waals surface area contributed by atoms with Gasteiger partial charge >= 0.3 is 5.97 Å². The topological polar surface area (TPSA) is 99.4 Å². The Kier molecular flexibility index (Phi) is 6.03. The maximum absolute atomic E-state index is 12.4. The Balaban J connectivity index is 1.25. The number of hydrogen-bond acceptors (Lipinski definition) is 5. The molecular formula is C28H38N2O5. The Hall–Kier alpha value is -2.33. The van der Waals surface area contributed by atoms with Crippen molar-refractivity contribution in [2.24, 2.45) is 33.7 Å². The van der Waals surface area contributed by atoms with E-state index < -0.39 is 17.6 Å². The van der Waals surface area contributed by atoms with Gasteiger partial charge in [-0.15, -0.1) is 6.42 Å². The highest BCUT2D eigenvalue weighted by Gasteiger charge is 2.63. The maximum Gasteiger partial charge on any atom is 0.326 e. The van der Waals surface area contributed by atoms with Crippen molar-refractivity contribution < 1.29 is 24.6 Å². The summed E-state index contributed by atoms with van der Waals surface area (Å²) < 4.78 is 0. The van der Waals surface area contributed by atoms with Gasteiger partial charge in [0.15, 0.2) is 6.61 Å². The third-order valence-electron chi connectivity index (χ3n) is 10.6. The first kappa shape index (κ1) is 24.4. The predicted molar refractivity (Wildman–Crippen MR) is 131 cm³/mol. The van der Waals surface area contributed by atoms with Gasteiger partial charge in [0.25, 0.3) is 5.91 Å². The van der Waals surface area contributed by atoms with Gasteiger partial charge in [-0.2, -0.15) is 0 Å². The molecule has 0 aromatic rings. The van der Waals surface area contributed by atoms with Crippen molar-refractivity contribution >= 4 is 17.6 Å².